The highest BCUT2D eigenvalue weighted by Gasteiger charge is 2.16. The third-order valence-electron chi connectivity index (χ3n) is 2.57. The van der Waals surface area contributed by atoms with E-state index in [1.165, 1.54) is 17.4 Å². The number of hydrazine groups is 1. The molecule has 0 fully saturated rings. The summed E-state index contributed by atoms with van der Waals surface area (Å²) in [6, 6.07) is 3.08. The molecule has 0 atom stereocenters. The quantitative estimate of drug-likeness (QED) is 0.677. The van der Waals surface area contributed by atoms with Crippen molar-refractivity contribution in [1.29, 1.82) is 0 Å². The Morgan fingerprint density at radius 1 is 1.33 bits per heavy atom. The molecule has 110 valence electrons. The van der Waals surface area contributed by atoms with Crippen molar-refractivity contribution in [3.8, 4) is 0 Å². The number of rotatable bonds is 5. The van der Waals surface area contributed by atoms with Crippen molar-refractivity contribution >= 4 is 43.6 Å². The van der Waals surface area contributed by atoms with Crippen LogP contribution >= 0.6 is 22.7 Å². The predicted molar refractivity (Wildman–Crippen MR) is 79.6 cm³/mol. The molecule has 0 aromatic carbocycles. The summed E-state index contributed by atoms with van der Waals surface area (Å²) in [5.41, 5.74) is 2.76. The van der Waals surface area contributed by atoms with Crippen molar-refractivity contribution in [1.82, 2.24) is 19.6 Å². The average Bonchev–Trinajstić information content (AvgIpc) is 3.12. The van der Waals surface area contributed by atoms with Gasteiger partial charge in [0.15, 0.2) is 4.96 Å². The van der Waals surface area contributed by atoms with E-state index in [4.69, 9.17) is 0 Å². The molecule has 3 heterocycles. The number of imidazole rings is 1. The van der Waals surface area contributed by atoms with E-state index in [0.29, 0.717) is 5.69 Å². The zero-order chi connectivity index (χ0) is 14.9. The topological polar surface area (TPSA) is 92.6 Å². The Hall–Kier alpha value is -1.75. The molecule has 21 heavy (non-hydrogen) atoms. The van der Waals surface area contributed by atoms with Crippen LogP contribution in [0.5, 0.6) is 0 Å². The second-order valence-electron chi connectivity index (χ2n) is 4.09. The molecule has 0 bridgehead atoms. The van der Waals surface area contributed by atoms with Gasteiger partial charge >= 0.3 is 0 Å². The maximum atomic E-state index is 11.8. The van der Waals surface area contributed by atoms with Gasteiger partial charge in [0.1, 0.15) is 4.21 Å². The largest absolute Gasteiger partial charge is 0.297 e. The molecular weight excluding hydrogens is 332 g/mol. The first-order valence-corrected chi connectivity index (χ1v) is 9.04. The number of hydrogen-bond acceptors (Lipinski definition) is 6. The van der Waals surface area contributed by atoms with Crippen molar-refractivity contribution in [2.24, 2.45) is 0 Å². The van der Waals surface area contributed by atoms with E-state index in [9.17, 15) is 13.2 Å². The van der Waals surface area contributed by atoms with Gasteiger partial charge in [-0.1, -0.05) is 6.07 Å². The van der Waals surface area contributed by atoms with Crippen LogP contribution in [0.4, 0.5) is 0 Å². The third-order valence-corrected chi connectivity index (χ3v) is 5.99. The van der Waals surface area contributed by atoms with Gasteiger partial charge in [0.25, 0.3) is 10.0 Å². The van der Waals surface area contributed by atoms with Gasteiger partial charge in [0.2, 0.25) is 5.91 Å². The highest BCUT2D eigenvalue weighted by Crippen LogP contribution is 2.14. The molecule has 0 spiro atoms. The van der Waals surface area contributed by atoms with E-state index in [2.05, 4.69) is 15.2 Å². The Labute approximate surface area is 128 Å². The van der Waals surface area contributed by atoms with Crippen molar-refractivity contribution < 1.29 is 13.2 Å². The molecule has 1 amide bonds. The fraction of sp³-hybridized carbons (Fsp3) is 0.0909. The van der Waals surface area contributed by atoms with Crippen LogP contribution in [-0.4, -0.2) is 23.7 Å². The van der Waals surface area contributed by atoms with Crippen molar-refractivity contribution in [3.63, 3.8) is 0 Å². The maximum absolute atomic E-state index is 11.8. The molecule has 3 rings (SSSR count). The fourth-order valence-electron chi connectivity index (χ4n) is 1.66. The van der Waals surface area contributed by atoms with Gasteiger partial charge in [0, 0.05) is 17.8 Å². The Morgan fingerprint density at radius 3 is 2.90 bits per heavy atom. The Balaban J connectivity index is 1.61. The van der Waals surface area contributed by atoms with Crippen LogP contribution in [0.3, 0.4) is 0 Å². The predicted octanol–water partition coefficient (Wildman–Crippen LogP) is 1.01. The summed E-state index contributed by atoms with van der Waals surface area (Å²) >= 11 is 2.53. The van der Waals surface area contributed by atoms with E-state index >= 15 is 0 Å². The molecular formula is C11H10N4O3S3. The van der Waals surface area contributed by atoms with Crippen LogP contribution in [0.2, 0.25) is 0 Å². The molecule has 0 radical (unpaired) electrons. The van der Waals surface area contributed by atoms with Crippen molar-refractivity contribution in [3.05, 3.63) is 41.0 Å². The summed E-state index contributed by atoms with van der Waals surface area (Å²) in [5, 5.41) is 3.54. The molecule has 2 N–H and O–H groups in total. The number of carbonyl (C=O) groups excluding carboxylic acids is 1. The lowest BCUT2D eigenvalue weighted by atomic mass is 10.3. The van der Waals surface area contributed by atoms with E-state index < -0.39 is 15.9 Å². The van der Waals surface area contributed by atoms with Gasteiger partial charge in [0.05, 0.1) is 12.1 Å². The van der Waals surface area contributed by atoms with E-state index in [0.717, 1.165) is 16.3 Å². The van der Waals surface area contributed by atoms with Crippen molar-refractivity contribution in [2.45, 2.75) is 10.6 Å². The first kappa shape index (κ1) is 14.2. The summed E-state index contributed by atoms with van der Waals surface area (Å²) < 4.78 is 25.6. The number of nitrogens with zero attached hydrogens (tertiary/aromatic N) is 2. The minimum Gasteiger partial charge on any atom is -0.297 e. The van der Waals surface area contributed by atoms with Gasteiger partial charge in [-0.05, 0) is 11.4 Å². The van der Waals surface area contributed by atoms with Gasteiger partial charge in [-0.2, -0.15) is 0 Å². The smallest absolute Gasteiger partial charge is 0.266 e. The number of nitrogens with one attached hydrogen (secondary N) is 2. The molecule has 3 aromatic rings. The van der Waals surface area contributed by atoms with E-state index in [-0.39, 0.29) is 10.6 Å². The summed E-state index contributed by atoms with van der Waals surface area (Å²) in [5.74, 6) is -0.471. The molecule has 0 saturated carbocycles. The van der Waals surface area contributed by atoms with Crippen LogP contribution < -0.4 is 10.3 Å². The number of hydrogen-bond donors (Lipinski definition) is 2. The Morgan fingerprint density at radius 2 is 2.19 bits per heavy atom. The maximum Gasteiger partial charge on any atom is 0.266 e. The summed E-state index contributed by atoms with van der Waals surface area (Å²) in [6.45, 7) is 0. The number of amides is 1. The lowest BCUT2D eigenvalue weighted by Gasteiger charge is -2.05. The Kier molecular flexibility index (Phi) is 3.76. The first-order chi connectivity index (χ1) is 10.0. The highest BCUT2D eigenvalue weighted by molar-refractivity contribution is 7.91. The summed E-state index contributed by atoms with van der Waals surface area (Å²) in [4.78, 5) is 18.8. The molecule has 0 aliphatic rings. The molecule has 0 unspecified atom stereocenters. The number of carbonyl (C=O) groups is 1. The normalized spacial score (nSPS) is 11.8. The minimum atomic E-state index is -3.71. The van der Waals surface area contributed by atoms with E-state index in [1.54, 1.807) is 17.6 Å². The summed E-state index contributed by atoms with van der Waals surface area (Å²) in [7, 11) is -3.71. The number of thiophene rings is 1. The highest BCUT2D eigenvalue weighted by atomic mass is 32.2. The van der Waals surface area contributed by atoms with E-state index in [1.807, 2.05) is 16.0 Å². The van der Waals surface area contributed by atoms with Gasteiger partial charge in [-0.25, -0.2) is 13.4 Å². The van der Waals surface area contributed by atoms with Crippen LogP contribution in [-0.2, 0) is 21.2 Å². The fourth-order valence-corrected chi connectivity index (χ4v) is 4.23. The zero-order valence-corrected chi connectivity index (χ0v) is 13.0. The summed E-state index contributed by atoms with van der Waals surface area (Å²) in [6.07, 6.45) is 3.58. The number of fused-ring (bicyclic) bond motifs is 1. The molecule has 7 nitrogen and oxygen atoms in total. The minimum absolute atomic E-state index is 0.00135. The molecule has 10 heteroatoms. The Bertz CT molecular complexity index is 835. The van der Waals surface area contributed by atoms with Crippen LogP contribution in [0.1, 0.15) is 5.69 Å². The second kappa shape index (κ2) is 5.56. The van der Waals surface area contributed by atoms with Crippen LogP contribution in [0.25, 0.3) is 4.96 Å². The second-order valence-corrected chi connectivity index (χ2v) is 7.82. The average molecular weight is 342 g/mol. The van der Waals surface area contributed by atoms with Gasteiger partial charge < -0.3 is 0 Å². The monoisotopic (exact) mass is 342 g/mol. The molecule has 0 aliphatic heterocycles. The van der Waals surface area contributed by atoms with Gasteiger partial charge in [-0.15, -0.1) is 27.5 Å². The van der Waals surface area contributed by atoms with Crippen LogP contribution in [0, 0.1) is 0 Å². The molecule has 0 aliphatic carbocycles. The third kappa shape index (κ3) is 3.13. The number of aromatic nitrogens is 2. The number of sulfonamides is 1. The standard InChI is InChI=1S/C11H10N4O3S3/c16-9(6-8-7-15-3-5-20-11(15)12-8)13-14-21(17,18)10-2-1-4-19-10/h1-5,7,14H,6H2,(H,13,16). The molecule has 3 aromatic heterocycles. The first-order valence-electron chi connectivity index (χ1n) is 5.80. The van der Waals surface area contributed by atoms with Crippen molar-refractivity contribution in [2.75, 3.05) is 0 Å². The zero-order valence-electron chi connectivity index (χ0n) is 10.5. The SMILES string of the molecule is O=C(Cc1cn2ccsc2n1)NNS(=O)(=O)c1cccs1. The lowest BCUT2D eigenvalue weighted by molar-refractivity contribution is -0.120. The number of thiazole rings is 1. The van der Waals surface area contributed by atoms with Gasteiger partial charge in [-0.3, -0.25) is 14.6 Å². The van der Waals surface area contributed by atoms with Crippen LogP contribution in [0.15, 0.2) is 39.5 Å². The lowest BCUT2D eigenvalue weighted by Crippen LogP contribution is -2.42. The molecule has 0 saturated heterocycles.